The zero-order chi connectivity index (χ0) is 9.64. The lowest BCUT2D eigenvalue weighted by atomic mass is 9.88. The van der Waals surface area contributed by atoms with Gasteiger partial charge in [0.1, 0.15) is 6.10 Å². The van der Waals surface area contributed by atoms with Crippen molar-refractivity contribution in [2.75, 3.05) is 0 Å². The summed E-state index contributed by atoms with van der Waals surface area (Å²) >= 11 is 0. The van der Waals surface area contributed by atoms with Crippen LogP contribution in [0.3, 0.4) is 0 Å². The Hall–Kier alpha value is -0.460. The Morgan fingerprint density at radius 2 is 2.08 bits per heavy atom. The standard InChI is InChI=1S/C12H20O/c1-5-13-11-8(2)6-7-9-10(11)12(9,3)4/h5,8-11H,1,6-7H2,2-4H3/t8-,9+,10+,11+/m0/s1. The first kappa shape index (κ1) is 9.11. The Morgan fingerprint density at radius 3 is 2.69 bits per heavy atom. The molecule has 0 aliphatic heterocycles. The fraction of sp³-hybridized carbons (Fsp3) is 0.833. The van der Waals surface area contributed by atoms with Gasteiger partial charge in [-0.1, -0.05) is 27.4 Å². The van der Waals surface area contributed by atoms with Crippen LogP contribution in [0.15, 0.2) is 12.8 Å². The molecular weight excluding hydrogens is 160 g/mol. The molecule has 0 heterocycles. The molecule has 0 N–H and O–H groups in total. The second-order valence-corrected chi connectivity index (χ2v) is 5.28. The lowest BCUT2D eigenvalue weighted by Gasteiger charge is -2.27. The lowest BCUT2D eigenvalue weighted by Crippen LogP contribution is -2.27. The zero-order valence-electron chi connectivity index (χ0n) is 8.92. The van der Waals surface area contributed by atoms with Crippen LogP contribution in [0.2, 0.25) is 0 Å². The van der Waals surface area contributed by atoms with E-state index in [4.69, 9.17) is 4.74 Å². The summed E-state index contributed by atoms with van der Waals surface area (Å²) in [5.74, 6) is 2.41. The molecule has 0 unspecified atom stereocenters. The minimum absolute atomic E-state index is 0.436. The van der Waals surface area contributed by atoms with E-state index in [9.17, 15) is 0 Å². The van der Waals surface area contributed by atoms with E-state index in [-0.39, 0.29) is 0 Å². The van der Waals surface area contributed by atoms with Gasteiger partial charge in [-0.15, -0.1) is 0 Å². The van der Waals surface area contributed by atoms with Crippen LogP contribution < -0.4 is 0 Å². The number of hydrogen-bond acceptors (Lipinski definition) is 1. The van der Waals surface area contributed by atoms with Gasteiger partial charge in [0, 0.05) is 5.92 Å². The van der Waals surface area contributed by atoms with Crippen molar-refractivity contribution in [2.24, 2.45) is 23.2 Å². The molecule has 0 saturated heterocycles. The molecule has 0 spiro atoms. The molecule has 0 aromatic rings. The number of rotatable bonds is 2. The van der Waals surface area contributed by atoms with E-state index < -0.39 is 0 Å². The van der Waals surface area contributed by atoms with Crippen LogP contribution in [0.1, 0.15) is 33.6 Å². The van der Waals surface area contributed by atoms with Gasteiger partial charge in [0.25, 0.3) is 0 Å². The predicted octanol–water partition coefficient (Wildman–Crippen LogP) is 3.22. The molecule has 0 radical (unpaired) electrons. The fourth-order valence-corrected chi connectivity index (χ4v) is 3.28. The van der Waals surface area contributed by atoms with Crippen LogP contribution in [0, 0.1) is 23.2 Å². The molecule has 2 aliphatic carbocycles. The molecule has 0 amide bonds. The monoisotopic (exact) mass is 180 g/mol. The van der Waals surface area contributed by atoms with Gasteiger partial charge in [-0.25, -0.2) is 0 Å². The third-order valence-electron chi connectivity index (χ3n) is 4.24. The number of hydrogen-bond donors (Lipinski definition) is 0. The van der Waals surface area contributed by atoms with Crippen molar-refractivity contribution >= 4 is 0 Å². The summed E-state index contributed by atoms with van der Waals surface area (Å²) in [5.41, 5.74) is 0.526. The summed E-state index contributed by atoms with van der Waals surface area (Å²) in [6.07, 6.45) is 4.78. The Bertz CT molecular complexity index is 219. The van der Waals surface area contributed by atoms with Gasteiger partial charge in [-0.05, 0) is 30.1 Å². The third-order valence-corrected chi connectivity index (χ3v) is 4.24. The highest BCUT2D eigenvalue weighted by molar-refractivity contribution is 5.11. The zero-order valence-corrected chi connectivity index (χ0v) is 8.92. The molecule has 1 heteroatoms. The third kappa shape index (κ3) is 1.20. The summed E-state index contributed by atoms with van der Waals surface area (Å²) in [7, 11) is 0. The van der Waals surface area contributed by atoms with Crippen molar-refractivity contribution in [1.82, 2.24) is 0 Å². The first-order valence-corrected chi connectivity index (χ1v) is 5.35. The predicted molar refractivity (Wildman–Crippen MR) is 54.2 cm³/mol. The maximum atomic E-state index is 5.65. The van der Waals surface area contributed by atoms with Crippen LogP contribution in [-0.4, -0.2) is 6.10 Å². The van der Waals surface area contributed by atoms with Crippen molar-refractivity contribution in [3.63, 3.8) is 0 Å². The average molecular weight is 180 g/mol. The molecule has 2 rings (SSSR count). The molecule has 4 atom stereocenters. The Balaban J connectivity index is 2.10. The fourth-order valence-electron chi connectivity index (χ4n) is 3.28. The molecule has 74 valence electrons. The summed E-state index contributed by atoms with van der Waals surface area (Å²) < 4.78 is 5.65. The summed E-state index contributed by atoms with van der Waals surface area (Å²) in [4.78, 5) is 0. The normalized spacial score (nSPS) is 46.4. The van der Waals surface area contributed by atoms with Crippen molar-refractivity contribution in [3.8, 4) is 0 Å². The largest absolute Gasteiger partial charge is 0.498 e. The van der Waals surface area contributed by atoms with E-state index in [0.717, 1.165) is 11.8 Å². The maximum Gasteiger partial charge on any atom is 0.104 e. The smallest absolute Gasteiger partial charge is 0.104 e. The second kappa shape index (κ2) is 2.76. The Kier molecular flexibility index (Phi) is 1.94. The molecular formula is C12H20O. The highest BCUT2D eigenvalue weighted by Gasteiger charge is 2.63. The second-order valence-electron chi connectivity index (χ2n) is 5.28. The quantitative estimate of drug-likeness (QED) is 0.593. The lowest BCUT2D eigenvalue weighted by molar-refractivity contribution is 0.0445. The van der Waals surface area contributed by atoms with Crippen molar-refractivity contribution in [3.05, 3.63) is 12.8 Å². The van der Waals surface area contributed by atoms with Gasteiger partial charge in [0.15, 0.2) is 0 Å². The van der Waals surface area contributed by atoms with Gasteiger partial charge in [-0.3, -0.25) is 0 Å². The molecule has 2 aliphatic rings. The minimum atomic E-state index is 0.436. The summed E-state index contributed by atoms with van der Waals surface area (Å²) in [5, 5.41) is 0. The molecule has 0 aromatic heterocycles. The first-order valence-electron chi connectivity index (χ1n) is 5.35. The highest BCUT2D eigenvalue weighted by atomic mass is 16.5. The Labute approximate surface area is 81.2 Å². The van der Waals surface area contributed by atoms with E-state index in [1.165, 1.54) is 12.8 Å². The maximum absolute atomic E-state index is 5.65. The van der Waals surface area contributed by atoms with Crippen LogP contribution in [-0.2, 0) is 4.74 Å². The van der Waals surface area contributed by atoms with E-state index in [0.29, 0.717) is 17.4 Å². The Morgan fingerprint density at radius 1 is 1.38 bits per heavy atom. The van der Waals surface area contributed by atoms with Crippen LogP contribution in [0.25, 0.3) is 0 Å². The topological polar surface area (TPSA) is 9.23 Å². The van der Waals surface area contributed by atoms with E-state index in [2.05, 4.69) is 27.4 Å². The van der Waals surface area contributed by atoms with Crippen molar-refractivity contribution < 1.29 is 4.74 Å². The molecule has 13 heavy (non-hydrogen) atoms. The van der Waals surface area contributed by atoms with Crippen LogP contribution in [0.5, 0.6) is 0 Å². The molecule has 0 aromatic carbocycles. The van der Waals surface area contributed by atoms with Crippen molar-refractivity contribution in [2.45, 2.75) is 39.7 Å². The SMILES string of the molecule is C=CO[C@H]1[C@H]2[C@@H](CC[C@@H]1C)C2(C)C. The molecule has 2 saturated carbocycles. The molecule has 1 nitrogen and oxygen atoms in total. The number of fused-ring (bicyclic) bond motifs is 1. The minimum Gasteiger partial charge on any atom is -0.498 e. The van der Waals surface area contributed by atoms with E-state index in [1.54, 1.807) is 6.26 Å². The highest BCUT2D eigenvalue weighted by Crippen LogP contribution is 2.66. The summed E-state index contributed by atoms with van der Waals surface area (Å²) in [6.45, 7) is 10.7. The average Bonchev–Trinajstić information content (AvgIpc) is 2.61. The van der Waals surface area contributed by atoms with Crippen LogP contribution in [0.4, 0.5) is 0 Å². The number of ether oxygens (including phenoxy) is 1. The summed E-state index contributed by atoms with van der Waals surface area (Å²) in [6, 6.07) is 0. The van der Waals surface area contributed by atoms with E-state index in [1.807, 2.05) is 0 Å². The van der Waals surface area contributed by atoms with Gasteiger partial charge in [0.2, 0.25) is 0 Å². The van der Waals surface area contributed by atoms with E-state index >= 15 is 0 Å². The molecule has 2 fully saturated rings. The van der Waals surface area contributed by atoms with Gasteiger partial charge in [-0.2, -0.15) is 0 Å². The van der Waals surface area contributed by atoms with Crippen LogP contribution >= 0.6 is 0 Å². The molecule has 0 bridgehead atoms. The first-order chi connectivity index (χ1) is 6.09. The van der Waals surface area contributed by atoms with Crippen molar-refractivity contribution in [1.29, 1.82) is 0 Å². The van der Waals surface area contributed by atoms with Gasteiger partial charge < -0.3 is 4.74 Å². The van der Waals surface area contributed by atoms with Gasteiger partial charge >= 0.3 is 0 Å². The van der Waals surface area contributed by atoms with Gasteiger partial charge in [0.05, 0.1) is 6.26 Å².